The van der Waals surface area contributed by atoms with Gasteiger partial charge >= 0.3 is 0 Å². The predicted molar refractivity (Wildman–Crippen MR) is 84.4 cm³/mol. The van der Waals surface area contributed by atoms with Crippen molar-refractivity contribution >= 4 is 23.6 Å². The molecule has 7 heteroatoms. The number of hydrogen-bond acceptors (Lipinski definition) is 3. The number of halogens is 2. The summed E-state index contributed by atoms with van der Waals surface area (Å²) < 4.78 is 24.4. The number of carbonyl (C=O) groups is 2. The summed E-state index contributed by atoms with van der Waals surface area (Å²) >= 11 is 0.430. The van der Waals surface area contributed by atoms with E-state index in [1.807, 2.05) is 0 Å². The lowest BCUT2D eigenvalue weighted by Gasteiger charge is -2.07. The molecule has 0 saturated carbocycles. The first-order valence-electron chi connectivity index (χ1n) is 6.67. The van der Waals surface area contributed by atoms with Crippen LogP contribution in [0, 0.1) is 0 Å². The Morgan fingerprint density at radius 2 is 1.57 bits per heavy atom. The minimum Gasteiger partial charge on any atom is -0.366 e. The molecule has 0 aliphatic carbocycles. The molecule has 0 aliphatic heterocycles. The topological polar surface area (TPSA) is 72.2 Å². The summed E-state index contributed by atoms with van der Waals surface area (Å²) in [5, 5.41) is 2.71. The third-order valence-corrected chi connectivity index (χ3v) is 3.76. The molecule has 2 rings (SSSR count). The van der Waals surface area contributed by atoms with E-state index in [0.29, 0.717) is 27.8 Å². The Balaban J connectivity index is 1.92. The van der Waals surface area contributed by atoms with Crippen molar-refractivity contribution in [2.75, 3.05) is 0 Å². The summed E-state index contributed by atoms with van der Waals surface area (Å²) in [6.07, 6.45) is 0. The average Bonchev–Trinajstić information content (AvgIpc) is 2.53. The van der Waals surface area contributed by atoms with E-state index in [4.69, 9.17) is 5.73 Å². The van der Waals surface area contributed by atoms with Gasteiger partial charge in [-0.2, -0.15) is 8.78 Å². The van der Waals surface area contributed by atoms with Gasteiger partial charge in [0.1, 0.15) is 0 Å². The normalized spacial score (nSPS) is 10.6. The highest BCUT2D eigenvalue weighted by Crippen LogP contribution is 2.25. The van der Waals surface area contributed by atoms with E-state index in [0.717, 1.165) is 5.56 Å². The van der Waals surface area contributed by atoms with E-state index in [2.05, 4.69) is 5.32 Å². The van der Waals surface area contributed by atoms with Gasteiger partial charge in [-0.3, -0.25) is 9.59 Å². The van der Waals surface area contributed by atoms with Crippen molar-refractivity contribution in [3.63, 3.8) is 0 Å². The summed E-state index contributed by atoms with van der Waals surface area (Å²) in [5.41, 5.74) is 6.74. The Kier molecular flexibility index (Phi) is 5.70. The monoisotopic (exact) mass is 336 g/mol. The smallest absolute Gasteiger partial charge is 0.288 e. The third-order valence-electron chi connectivity index (χ3n) is 3.03. The number of rotatable bonds is 6. The standard InChI is InChI=1S/C16H14F2N2O2S/c17-16(18)23-13-7-5-12(6-8-13)15(22)20-9-10-1-3-11(4-2-10)14(19)21/h1-8,16H,9H2,(H2,19,21)(H,20,22). The van der Waals surface area contributed by atoms with Gasteiger partial charge in [-0.05, 0) is 42.0 Å². The highest BCUT2D eigenvalue weighted by atomic mass is 32.2. The van der Waals surface area contributed by atoms with E-state index < -0.39 is 11.7 Å². The van der Waals surface area contributed by atoms with Crippen molar-refractivity contribution in [2.24, 2.45) is 5.73 Å². The molecule has 23 heavy (non-hydrogen) atoms. The molecule has 0 fully saturated rings. The minimum absolute atomic E-state index is 0.283. The van der Waals surface area contributed by atoms with Crippen LogP contribution in [0.15, 0.2) is 53.4 Å². The Morgan fingerprint density at radius 1 is 1.00 bits per heavy atom. The Hall–Kier alpha value is -2.41. The van der Waals surface area contributed by atoms with E-state index in [1.165, 1.54) is 24.3 Å². The summed E-state index contributed by atoms with van der Waals surface area (Å²) in [5.74, 6) is -3.31. The molecule has 0 heterocycles. The molecule has 0 radical (unpaired) electrons. The lowest BCUT2D eigenvalue weighted by molar-refractivity contribution is 0.0949. The van der Waals surface area contributed by atoms with E-state index in [1.54, 1.807) is 24.3 Å². The largest absolute Gasteiger partial charge is 0.366 e. The van der Waals surface area contributed by atoms with E-state index in [-0.39, 0.29) is 12.5 Å². The van der Waals surface area contributed by atoms with Crippen LogP contribution in [0.2, 0.25) is 0 Å². The van der Waals surface area contributed by atoms with Gasteiger partial charge in [0.2, 0.25) is 5.91 Å². The van der Waals surface area contributed by atoms with Crippen LogP contribution in [0.3, 0.4) is 0 Å². The molecule has 0 aliphatic rings. The molecule has 0 atom stereocenters. The van der Waals surface area contributed by atoms with Crippen molar-refractivity contribution in [2.45, 2.75) is 17.2 Å². The first-order valence-corrected chi connectivity index (χ1v) is 7.55. The number of nitrogens with two attached hydrogens (primary N) is 1. The van der Waals surface area contributed by atoms with Crippen LogP contribution in [-0.2, 0) is 6.54 Å². The maximum atomic E-state index is 12.2. The van der Waals surface area contributed by atoms with Gasteiger partial charge in [-0.1, -0.05) is 23.9 Å². The lowest BCUT2D eigenvalue weighted by atomic mass is 10.1. The quantitative estimate of drug-likeness (QED) is 0.797. The SMILES string of the molecule is NC(=O)c1ccc(CNC(=O)c2ccc(SC(F)F)cc2)cc1. The zero-order chi connectivity index (χ0) is 16.8. The molecule has 0 bridgehead atoms. The molecule has 0 spiro atoms. The molecule has 2 aromatic rings. The third kappa shape index (κ3) is 5.07. The Morgan fingerprint density at radius 3 is 2.09 bits per heavy atom. The van der Waals surface area contributed by atoms with E-state index in [9.17, 15) is 18.4 Å². The molecule has 120 valence electrons. The lowest BCUT2D eigenvalue weighted by Crippen LogP contribution is -2.22. The number of nitrogens with one attached hydrogen (secondary N) is 1. The van der Waals surface area contributed by atoms with Crippen LogP contribution in [0.1, 0.15) is 26.3 Å². The Bertz CT molecular complexity index is 688. The highest BCUT2D eigenvalue weighted by molar-refractivity contribution is 7.99. The zero-order valence-corrected chi connectivity index (χ0v) is 12.8. The highest BCUT2D eigenvalue weighted by Gasteiger charge is 2.08. The molecule has 0 aromatic heterocycles. The van der Waals surface area contributed by atoms with Gasteiger partial charge in [0.25, 0.3) is 11.7 Å². The number of hydrogen-bond donors (Lipinski definition) is 2. The Labute approximate surface area is 136 Å². The summed E-state index contributed by atoms with van der Waals surface area (Å²) in [4.78, 5) is 23.3. The van der Waals surface area contributed by atoms with Crippen LogP contribution in [0.5, 0.6) is 0 Å². The maximum Gasteiger partial charge on any atom is 0.288 e. The second-order valence-electron chi connectivity index (χ2n) is 4.65. The first-order chi connectivity index (χ1) is 11.0. The van der Waals surface area contributed by atoms with Crippen LogP contribution in [-0.4, -0.2) is 17.6 Å². The van der Waals surface area contributed by atoms with Crippen LogP contribution >= 0.6 is 11.8 Å². The molecule has 4 nitrogen and oxygen atoms in total. The van der Waals surface area contributed by atoms with Gasteiger partial charge < -0.3 is 11.1 Å². The number of benzene rings is 2. The van der Waals surface area contributed by atoms with Crippen LogP contribution < -0.4 is 11.1 Å². The van der Waals surface area contributed by atoms with Crippen molar-refractivity contribution in [3.8, 4) is 0 Å². The van der Waals surface area contributed by atoms with Crippen LogP contribution in [0.25, 0.3) is 0 Å². The number of thioether (sulfide) groups is 1. The predicted octanol–water partition coefficient (Wildman–Crippen LogP) is 3.03. The fourth-order valence-electron chi connectivity index (χ4n) is 1.86. The second-order valence-corrected chi connectivity index (χ2v) is 5.71. The molecular formula is C16H14F2N2O2S. The molecule has 2 amide bonds. The molecule has 2 aromatic carbocycles. The molecule has 3 N–H and O–H groups in total. The fraction of sp³-hybridized carbons (Fsp3) is 0.125. The fourth-order valence-corrected chi connectivity index (χ4v) is 2.36. The summed E-state index contributed by atoms with van der Waals surface area (Å²) in [6, 6.07) is 12.5. The maximum absolute atomic E-state index is 12.2. The molecule has 0 unspecified atom stereocenters. The number of primary amides is 1. The zero-order valence-electron chi connectivity index (χ0n) is 12.0. The number of alkyl halides is 2. The number of amides is 2. The van der Waals surface area contributed by atoms with Gasteiger partial charge in [0.15, 0.2) is 0 Å². The first kappa shape index (κ1) is 17.0. The van der Waals surface area contributed by atoms with Gasteiger partial charge in [-0.25, -0.2) is 0 Å². The van der Waals surface area contributed by atoms with Gasteiger partial charge in [0, 0.05) is 22.6 Å². The minimum atomic E-state index is -2.49. The molecular weight excluding hydrogens is 322 g/mol. The average molecular weight is 336 g/mol. The summed E-state index contributed by atoms with van der Waals surface area (Å²) in [7, 11) is 0. The van der Waals surface area contributed by atoms with Gasteiger partial charge in [-0.15, -0.1) is 0 Å². The molecule has 0 saturated heterocycles. The van der Waals surface area contributed by atoms with Crippen molar-refractivity contribution in [1.82, 2.24) is 5.32 Å². The van der Waals surface area contributed by atoms with Crippen molar-refractivity contribution in [3.05, 3.63) is 65.2 Å². The van der Waals surface area contributed by atoms with Gasteiger partial charge in [0.05, 0.1) is 0 Å². The summed E-state index contributed by atoms with van der Waals surface area (Å²) in [6.45, 7) is 0.283. The second kappa shape index (κ2) is 7.73. The van der Waals surface area contributed by atoms with Crippen molar-refractivity contribution in [1.29, 1.82) is 0 Å². The van der Waals surface area contributed by atoms with Crippen LogP contribution in [0.4, 0.5) is 8.78 Å². The number of carbonyl (C=O) groups excluding carboxylic acids is 2. The van der Waals surface area contributed by atoms with Crippen molar-refractivity contribution < 1.29 is 18.4 Å². The van der Waals surface area contributed by atoms with E-state index >= 15 is 0 Å².